The molecule has 5 heavy (non-hydrogen) atoms. The molecule has 0 amide bonds. The van der Waals surface area contributed by atoms with E-state index in [4.69, 9.17) is 0 Å². The minimum atomic E-state index is 0. The summed E-state index contributed by atoms with van der Waals surface area (Å²) in [5.41, 5.74) is 0. The minimum absolute atomic E-state index is 0. The second kappa shape index (κ2) is 25.8. The first kappa shape index (κ1) is 38.9. The van der Waals surface area contributed by atoms with Gasteiger partial charge in [-0.05, 0) is 0 Å². The molecule has 0 aliphatic rings. The smallest absolute Gasteiger partial charge is 0 e. The van der Waals surface area contributed by atoms with E-state index in [-0.39, 0.29) is 117 Å². The van der Waals surface area contributed by atoms with Crippen LogP contribution in [0.25, 0.3) is 0 Å². The quantitative estimate of drug-likeness (QED) is 0.550. The predicted molar refractivity (Wildman–Crippen MR) is 21.7 cm³/mol. The molecule has 0 N–H and O–H groups in total. The molecule has 0 nitrogen and oxygen atoms in total. The van der Waals surface area contributed by atoms with Crippen molar-refractivity contribution in [3.05, 3.63) is 0 Å². The SMILES string of the molecule is Cl.Cl.Cl.[Gd].[Gd]. The average molecular weight is 424 g/mol. The van der Waals surface area contributed by atoms with Crippen LogP contribution in [0, 0.1) is 79.9 Å². The first-order chi connectivity index (χ1) is 0. The molecule has 0 aromatic carbocycles. The first-order valence-corrected chi connectivity index (χ1v) is 0. The van der Waals surface area contributed by atoms with Crippen LogP contribution in [0.2, 0.25) is 0 Å². The van der Waals surface area contributed by atoms with Gasteiger partial charge in [0.1, 0.15) is 0 Å². The monoisotopic (exact) mass is 424 g/mol. The predicted octanol–water partition coefficient (Wildman–Crippen LogP) is 1.27. The van der Waals surface area contributed by atoms with Gasteiger partial charge in [-0.3, -0.25) is 0 Å². The fraction of sp³-hybridized carbons (Fsp3) is 0. The van der Waals surface area contributed by atoms with Crippen LogP contribution in [-0.4, -0.2) is 0 Å². The molecular formula is H3Cl3Gd2. The molecule has 40 valence electrons. The van der Waals surface area contributed by atoms with Gasteiger partial charge in [-0.15, -0.1) is 37.2 Å². The van der Waals surface area contributed by atoms with Crippen molar-refractivity contribution in [2.45, 2.75) is 0 Å². The molecule has 0 saturated carbocycles. The topological polar surface area (TPSA) is 0 Å². The molecule has 0 aromatic heterocycles. The van der Waals surface area contributed by atoms with E-state index in [0.717, 1.165) is 0 Å². The molecule has 0 saturated heterocycles. The van der Waals surface area contributed by atoms with Crippen molar-refractivity contribution in [3.63, 3.8) is 0 Å². The molecule has 0 aromatic rings. The zero-order valence-electron chi connectivity index (χ0n) is 1.93. The summed E-state index contributed by atoms with van der Waals surface area (Å²) in [6.45, 7) is 0. The van der Waals surface area contributed by atoms with Crippen LogP contribution in [-0.2, 0) is 0 Å². The van der Waals surface area contributed by atoms with Gasteiger partial charge in [-0.1, -0.05) is 0 Å². The summed E-state index contributed by atoms with van der Waals surface area (Å²) in [5, 5.41) is 0. The second-order valence-corrected chi connectivity index (χ2v) is 0. The first-order valence-electron chi connectivity index (χ1n) is 0. The average Bonchev–Trinajstić information content (AvgIpc) is 0. The van der Waals surface area contributed by atoms with Gasteiger partial charge < -0.3 is 0 Å². The van der Waals surface area contributed by atoms with Crippen LogP contribution in [0.4, 0.5) is 0 Å². The number of rotatable bonds is 0. The summed E-state index contributed by atoms with van der Waals surface area (Å²) in [7, 11) is 0. The third-order valence-corrected chi connectivity index (χ3v) is 0. The van der Waals surface area contributed by atoms with E-state index >= 15 is 0 Å². The van der Waals surface area contributed by atoms with E-state index < -0.39 is 0 Å². The van der Waals surface area contributed by atoms with Crippen molar-refractivity contribution in [1.82, 2.24) is 0 Å². The van der Waals surface area contributed by atoms with E-state index in [0.29, 0.717) is 0 Å². The molecule has 0 unspecified atom stereocenters. The van der Waals surface area contributed by atoms with Crippen molar-refractivity contribution in [2.24, 2.45) is 0 Å². The Balaban J connectivity index is 0. The Hall–Kier alpha value is 3.52. The summed E-state index contributed by atoms with van der Waals surface area (Å²) in [5.74, 6) is 0. The Morgan fingerprint density at radius 1 is 0.400 bits per heavy atom. The van der Waals surface area contributed by atoms with Crippen LogP contribution in [0.15, 0.2) is 0 Å². The van der Waals surface area contributed by atoms with Gasteiger partial charge in [0, 0.05) is 79.9 Å². The maximum Gasteiger partial charge on any atom is 0 e. The van der Waals surface area contributed by atoms with Gasteiger partial charge in [0.25, 0.3) is 0 Å². The van der Waals surface area contributed by atoms with Gasteiger partial charge in [0.05, 0.1) is 0 Å². The maximum atomic E-state index is 0. The van der Waals surface area contributed by atoms with Gasteiger partial charge >= 0.3 is 0 Å². The molecule has 0 radical (unpaired) electrons. The van der Waals surface area contributed by atoms with Gasteiger partial charge in [0.2, 0.25) is 0 Å². The fourth-order valence-electron chi connectivity index (χ4n) is 0. The molecule has 0 fully saturated rings. The Kier molecular flexibility index (Phi) is 201. The molecular weight excluding hydrogens is 421 g/mol. The van der Waals surface area contributed by atoms with Crippen molar-refractivity contribution in [3.8, 4) is 0 Å². The Bertz CT molecular complexity index is 4.85. The Labute approximate surface area is 114 Å². The van der Waals surface area contributed by atoms with E-state index in [1.807, 2.05) is 0 Å². The van der Waals surface area contributed by atoms with Crippen LogP contribution in [0.1, 0.15) is 0 Å². The number of halogens is 3. The van der Waals surface area contributed by atoms with Crippen molar-refractivity contribution in [2.75, 3.05) is 0 Å². The summed E-state index contributed by atoms with van der Waals surface area (Å²) < 4.78 is 0. The molecule has 0 aliphatic heterocycles. The van der Waals surface area contributed by atoms with Crippen molar-refractivity contribution >= 4 is 37.2 Å². The molecule has 0 bridgehead atoms. The Morgan fingerprint density at radius 3 is 0.400 bits per heavy atom. The molecule has 0 atom stereocenters. The molecule has 0 aliphatic carbocycles. The van der Waals surface area contributed by atoms with Crippen LogP contribution in [0.5, 0.6) is 0 Å². The van der Waals surface area contributed by atoms with Crippen molar-refractivity contribution < 1.29 is 79.9 Å². The van der Waals surface area contributed by atoms with E-state index in [1.54, 1.807) is 0 Å². The Morgan fingerprint density at radius 2 is 0.400 bits per heavy atom. The fourth-order valence-corrected chi connectivity index (χ4v) is 0. The van der Waals surface area contributed by atoms with Crippen LogP contribution >= 0.6 is 37.2 Å². The normalized spacial score (nSPS) is 0. The molecule has 0 spiro atoms. The largest absolute Gasteiger partial charge is 0.147 e. The zero-order valence-corrected chi connectivity index (χ0v) is 8.92. The van der Waals surface area contributed by atoms with Gasteiger partial charge in [0.15, 0.2) is 0 Å². The van der Waals surface area contributed by atoms with E-state index in [9.17, 15) is 0 Å². The second-order valence-electron chi connectivity index (χ2n) is 0. The zero-order chi connectivity index (χ0) is 0. The molecule has 0 heterocycles. The summed E-state index contributed by atoms with van der Waals surface area (Å²) in [4.78, 5) is 0. The summed E-state index contributed by atoms with van der Waals surface area (Å²) in [6, 6.07) is 0. The van der Waals surface area contributed by atoms with Crippen molar-refractivity contribution in [1.29, 1.82) is 0 Å². The van der Waals surface area contributed by atoms with Gasteiger partial charge in [-0.2, -0.15) is 0 Å². The summed E-state index contributed by atoms with van der Waals surface area (Å²) in [6.07, 6.45) is 0. The maximum absolute atomic E-state index is 0. The summed E-state index contributed by atoms with van der Waals surface area (Å²) >= 11 is 0. The van der Waals surface area contributed by atoms with E-state index in [2.05, 4.69) is 0 Å². The number of hydrogen-bond acceptors (Lipinski definition) is 0. The minimum Gasteiger partial charge on any atom is -0.147 e. The van der Waals surface area contributed by atoms with Gasteiger partial charge in [-0.25, -0.2) is 0 Å². The van der Waals surface area contributed by atoms with Crippen LogP contribution < -0.4 is 0 Å². The third kappa shape index (κ3) is 18.5. The molecule has 5 heteroatoms. The third-order valence-electron chi connectivity index (χ3n) is 0. The molecule has 0 rings (SSSR count). The van der Waals surface area contributed by atoms with Crippen LogP contribution in [0.3, 0.4) is 0 Å². The van der Waals surface area contributed by atoms with E-state index in [1.165, 1.54) is 0 Å². The number of hydrogen-bond donors (Lipinski definition) is 0. The standard InChI is InChI=1S/3ClH.2Gd/h3*1H;;.